The Bertz CT molecular complexity index is 321. The molecule has 2 nitrogen and oxygen atoms in total. The Balaban J connectivity index is 2.71. The van der Waals surface area contributed by atoms with Crippen molar-refractivity contribution in [2.24, 2.45) is 0 Å². The minimum Gasteiger partial charge on any atom is -0.426 e. The van der Waals surface area contributed by atoms with Gasteiger partial charge in [-0.2, -0.15) is 0 Å². The highest BCUT2D eigenvalue weighted by Crippen LogP contribution is 2.15. The topological polar surface area (TPSA) is 26.3 Å². The summed E-state index contributed by atoms with van der Waals surface area (Å²) in [5.74, 6) is -2.25. The van der Waals surface area contributed by atoms with Crippen LogP contribution in [0.2, 0.25) is 0 Å². The van der Waals surface area contributed by atoms with Crippen LogP contribution in [0, 0.1) is 11.6 Å². The largest absolute Gasteiger partial charge is 0.426 e. The van der Waals surface area contributed by atoms with Crippen molar-refractivity contribution in [3.63, 3.8) is 0 Å². The van der Waals surface area contributed by atoms with Gasteiger partial charge >= 0.3 is 5.97 Å². The Morgan fingerprint density at radius 3 is 2.36 bits per heavy atom. The molecule has 0 radical (unpaired) electrons. The number of alkyl halides is 1. The molecule has 0 unspecified atom stereocenters. The highest BCUT2D eigenvalue weighted by Gasteiger charge is 2.06. The summed E-state index contributed by atoms with van der Waals surface area (Å²) >= 11 is 5.28. The molecule has 14 heavy (non-hydrogen) atoms. The molecule has 1 rings (SSSR count). The van der Waals surface area contributed by atoms with Crippen molar-refractivity contribution >= 4 is 17.6 Å². The van der Waals surface area contributed by atoms with E-state index in [0.717, 1.165) is 12.1 Å². The zero-order valence-electron chi connectivity index (χ0n) is 7.10. The third-order valence-corrected chi connectivity index (χ3v) is 1.56. The molecule has 0 aromatic heterocycles. The first kappa shape index (κ1) is 10.9. The van der Waals surface area contributed by atoms with E-state index in [1.165, 1.54) is 0 Å². The number of halogens is 3. The molecule has 0 atom stereocenters. The summed E-state index contributed by atoms with van der Waals surface area (Å²) in [6, 6.07) is 2.54. The average Bonchev–Trinajstić information content (AvgIpc) is 2.01. The van der Waals surface area contributed by atoms with Gasteiger partial charge in [-0.05, 0) is 0 Å². The van der Waals surface area contributed by atoms with Gasteiger partial charge in [-0.3, -0.25) is 4.79 Å². The first-order valence-corrected chi connectivity index (χ1v) is 4.38. The quantitative estimate of drug-likeness (QED) is 0.445. The van der Waals surface area contributed by atoms with Crippen molar-refractivity contribution in [2.45, 2.75) is 6.42 Å². The molecule has 1 aromatic carbocycles. The van der Waals surface area contributed by atoms with Crippen LogP contribution in [-0.4, -0.2) is 11.8 Å². The Labute approximate surface area is 84.4 Å². The summed E-state index contributed by atoms with van der Waals surface area (Å²) in [5, 5.41) is 0. The van der Waals surface area contributed by atoms with Crippen molar-refractivity contribution < 1.29 is 18.3 Å². The second kappa shape index (κ2) is 4.91. The van der Waals surface area contributed by atoms with E-state index in [4.69, 9.17) is 11.6 Å². The second-order valence-corrected chi connectivity index (χ2v) is 2.90. The van der Waals surface area contributed by atoms with E-state index in [2.05, 4.69) is 4.74 Å². The summed E-state index contributed by atoms with van der Waals surface area (Å²) in [6.07, 6.45) is -0.000310. The highest BCUT2D eigenvalue weighted by atomic mass is 35.5. The van der Waals surface area contributed by atoms with Crippen LogP contribution in [0.5, 0.6) is 5.75 Å². The first-order chi connectivity index (χ1) is 6.61. The summed E-state index contributed by atoms with van der Waals surface area (Å²) in [5.41, 5.74) is 0. The smallest absolute Gasteiger partial charge is 0.312 e. The summed E-state index contributed by atoms with van der Waals surface area (Å²) < 4.78 is 29.8. The molecule has 76 valence electrons. The lowest BCUT2D eigenvalue weighted by Crippen LogP contribution is -2.08. The van der Waals surface area contributed by atoms with Crippen LogP contribution in [0.3, 0.4) is 0 Å². The SMILES string of the molecule is O=C(CCCl)Oc1cc(F)cc(F)c1. The fraction of sp³-hybridized carbons (Fsp3) is 0.222. The molecule has 0 heterocycles. The fourth-order valence-corrected chi connectivity index (χ4v) is 1.00. The predicted molar refractivity (Wildman–Crippen MR) is 47.3 cm³/mol. The van der Waals surface area contributed by atoms with Crippen LogP contribution < -0.4 is 4.74 Å². The number of ether oxygens (including phenoxy) is 1. The summed E-state index contributed by atoms with van der Waals surface area (Å²) in [7, 11) is 0. The molecule has 1 aromatic rings. The Hall–Kier alpha value is -1.16. The monoisotopic (exact) mass is 220 g/mol. The van der Waals surface area contributed by atoms with Crippen molar-refractivity contribution in [1.82, 2.24) is 0 Å². The Kier molecular flexibility index (Phi) is 3.83. The maximum Gasteiger partial charge on any atom is 0.312 e. The van der Waals surface area contributed by atoms with Gasteiger partial charge in [0, 0.05) is 24.1 Å². The Morgan fingerprint density at radius 2 is 1.86 bits per heavy atom. The molecule has 0 saturated heterocycles. The number of carbonyl (C=O) groups excluding carboxylic acids is 1. The number of carbonyl (C=O) groups is 1. The van der Waals surface area contributed by atoms with E-state index in [1.54, 1.807) is 0 Å². The van der Waals surface area contributed by atoms with Gasteiger partial charge in [0.05, 0.1) is 6.42 Å². The van der Waals surface area contributed by atoms with Crippen LogP contribution in [0.25, 0.3) is 0 Å². The lowest BCUT2D eigenvalue weighted by molar-refractivity contribution is -0.133. The van der Waals surface area contributed by atoms with Crippen LogP contribution in [0.15, 0.2) is 18.2 Å². The molecular formula is C9H7ClF2O2. The minimum atomic E-state index is -0.793. The predicted octanol–water partition coefficient (Wildman–Crippen LogP) is 2.50. The molecule has 0 aliphatic carbocycles. The molecule has 0 amide bonds. The lowest BCUT2D eigenvalue weighted by atomic mass is 10.3. The molecule has 0 aliphatic rings. The van der Waals surface area contributed by atoms with Gasteiger partial charge in [-0.25, -0.2) is 8.78 Å². The molecule has 0 aliphatic heterocycles. The fourth-order valence-electron chi connectivity index (χ4n) is 0.847. The average molecular weight is 221 g/mol. The van der Waals surface area contributed by atoms with Gasteiger partial charge in [0.2, 0.25) is 0 Å². The van der Waals surface area contributed by atoms with E-state index in [1.807, 2.05) is 0 Å². The third-order valence-electron chi connectivity index (χ3n) is 1.37. The molecule has 0 N–H and O–H groups in total. The number of esters is 1. The Morgan fingerprint density at radius 1 is 1.29 bits per heavy atom. The zero-order valence-corrected chi connectivity index (χ0v) is 7.85. The zero-order chi connectivity index (χ0) is 10.6. The van der Waals surface area contributed by atoms with Gasteiger partial charge in [0.1, 0.15) is 17.4 Å². The van der Waals surface area contributed by atoms with Crippen molar-refractivity contribution in [2.75, 3.05) is 5.88 Å². The van der Waals surface area contributed by atoms with Gasteiger partial charge in [-0.15, -0.1) is 11.6 Å². The number of hydrogen-bond donors (Lipinski definition) is 0. The number of rotatable bonds is 3. The van der Waals surface area contributed by atoms with Gasteiger partial charge in [0.25, 0.3) is 0 Å². The first-order valence-electron chi connectivity index (χ1n) is 3.84. The third kappa shape index (κ3) is 3.30. The summed E-state index contributed by atoms with van der Waals surface area (Å²) in [4.78, 5) is 10.9. The summed E-state index contributed by atoms with van der Waals surface area (Å²) in [6.45, 7) is 0. The molecular weight excluding hydrogens is 214 g/mol. The van der Waals surface area contributed by atoms with E-state index in [-0.39, 0.29) is 18.1 Å². The number of hydrogen-bond acceptors (Lipinski definition) is 2. The van der Waals surface area contributed by atoms with Gasteiger partial charge < -0.3 is 4.74 Å². The second-order valence-electron chi connectivity index (χ2n) is 2.52. The van der Waals surface area contributed by atoms with Gasteiger partial charge in [-0.1, -0.05) is 0 Å². The van der Waals surface area contributed by atoms with Crippen molar-refractivity contribution in [1.29, 1.82) is 0 Å². The maximum atomic E-state index is 12.6. The van der Waals surface area contributed by atoms with Gasteiger partial charge in [0.15, 0.2) is 0 Å². The molecule has 0 spiro atoms. The van der Waals surface area contributed by atoms with Crippen LogP contribution in [0.4, 0.5) is 8.78 Å². The van der Waals surface area contributed by atoms with Crippen LogP contribution >= 0.6 is 11.6 Å². The van der Waals surface area contributed by atoms with E-state index in [0.29, 0.717) is 6.07 Å². The molecule has 0 fully saturated rings. The van der Waals surface area contributed by atoms with E-state index in [9.17, 15) is 13.6 Å². The minimum absolute atomic E-state index is 0.000310. The maximum absolute atomic E-state index is 12.6. The van der Waals surface area contributed by atoms with Crippen molar-refractivity contribution in [3.8, 4) is 5.75 Å². The molecule has 0 bridgehead atoms. The number of benzene rings is 1. The van der Waals surface area contributed by atoms with Crippen LogP contribution in [-0.2, 0) is 4.79 Å². The standard InChI is InChI=1S/C9H7ClF2O2/c10-2-1-9(13)14-8-4-6(11)3-7(12)5-8/h3-5H,1-2H2. The normalized spacial score (nSPS) is 9.93. The molecule has 0 saturated carbocycles. The van der Waals surface area contributed by atoms with E-state index < -0.39 is 17.6 Å². The highest BCUT2D eigenvalue weighted by molar-refractivity contribution is 6.18. The van der Waals surface area contributed by atoms with Crippen molar-refractivity contribution in [3.05, 3.63) is 29.8 Å². The van der Waals surface area contributed by atoms with Crippen LogP contribution in [0.1, 0.15) is 6.42 Å². The lowest BCUT2D eigenvalue weighted by Gasteiger charge is -2.02. The van der Waals surface area contributed by atoms with E-state index >= 15 is 0 Å². The molecule has 5 heteroatoms.